The second-order valence-electron chi connectivity index (χ2n) is 1.86. The summed E-state index contributed by atoms with van der Waals surface area (Å²) in [4.78, 5) is 10.8. The van der Waals surface area contributed by atoms with Crippen LogP contribution in [0.2, 0.25) is 0 Å². The highest BCUT2D eigenvalue weighted by atomic mass is 32.1. The highest BCUT2D eigenvalue weighted by Crippen LogP contribution is 2.11. The number of ether oxygens (including phenoxy) is 1. The zero-order valence-electron chi connectivity index (χ0n) is 6.16. The number of carbonyl (C=O) groups excluding carboxylic acids is 1. The summed E-state index contributed by atoms with van der Waals surface area (Å²) in [5.41, 5.74) is 0.786. The predicted molar refractivity (Wildman–Crippen MR) is 45.0 cm³/mol. The van der Waals surface area contributed by atoms with E-state index in [0.717, 1.165) is 5.69 Å². The van der Waals surface area contributed by atoms with Gasteiger partial charge in [-0.25, -0.2) is 4.79 Å². The van der Waals surface area contributed by atoms with Crippen LogP contribution in [0.25, 0.3) is 0 Å². The van der Waals surface area contributed by atoms with E-state index in [4.69, 9.17) is 0 Å². The molecule has 0 aromatic carbocycles. The van der Waals surface area contributed by atoms with E-state index in [0.29, 0.717) is 6.61 Å². The Balaban J connectivity index is 2.37. The SMILES string of the molecule is CCOC(=O)Nc1ccsc1. The normalized spacial score (nSPS) is 9.18. The molecule has 1 aromatic heterocycles. The Labute approximate surface area is 69.0 Å². The van der Waals surface area contributed by atoms with Gasteiger partial charge in [-0.1, -0.05) is 0 Å². The third-order valence-electron chi connectivity index (χ3n) is 1.04. The molecule has 0 saturated carbocycles. The molecule has 11 heavy (non-hydrogen) atoms. The third kappa shape index (κ3) is 2.59. The van der Waals surface area contributed by atoms with Crippen molar-refractivity contribution < 1.29 is 9.53 Å². The molecule has 1 aromatic rings. The van der Waals surface area contributed by atoms with Gasteiger partial charge in [-0.05, 0) is 18.4 Å². The van der Waals surface area contributed by atoms with Crippen LogP contribution in [0.4, 0.5) is 10.5 Å². The number of hydrogen-bond acceptors (Lipinski definition) is 3. The second-order valence-corrected chi connectivity index (χ2v) is 2.64. The topological polar surface area (TPSA) is 38.3 Å². The van der Waals surface area contributed by atoms with Gasteiger partial charge in [0.05, 0.1) is 12.3 Å². The Morgan fingerprint density at radius 3 is 3.18 bits per heavy atom. The van der Waals surface area contributed by atoms with Gasteiger partial charge in [-0.2, -0.15) is 11.3 Å². The number of hydrogen-bond donors (Lipinski definition) is 1. The molecule has 1 heterocycles. The quantitative estimate of drug-likeness (QED) is 0.741. The molecule has 0 aliphatic rings. The largest absolute Gasteiger partial charge is 0.450 e. The highest BCUT2D eigenvalue weighted by Gasteiger charge is 1.99. The molecule has 1 rings (SSSR count). The summed E-state index contributed by atoms with van der Waals surface area (Å²) < 4.78 is 4.67. The van der Waals surface area contributed by atoms with Crippen molar-refractivity contribution in [2.45, 2.75) is 6.92 Å². The molecule has 0 bridgehead atoms. The lowest BCUT2D eigenvalue weighted by Gasteiger charge is -2.00. The van der Waals surface area contributed by atoms with E-state index in [-0.39, 0.29) is 0 Å². The van der Waals surface area contributed by atoms with E-state index < -0.39 is 6.09 Å². The molecular weight excluding hydrogens is 162 g/mol. The molecule has 0 aliphatic heterocycles. The summed E-state index contributed by atoms with van der Waals surface area (Å²) >= 11 is 1.53. The maximum absolute atomic E-state index is 10.8. The van der Waals surface area contributed by atoms with Gasteiger partial charge in [0, 0.05) is 5.38 Å². The Morgan fingerprint density at radius 1 is 1.82 bits per heavy atom. The number of anilines is 1. The number of amides is 1. The van der Waals surface area contributed by atoms with Crippen molar-refractivity contribution in [3.8, 4) is 0 Å². The van der Waals surface area contributed by atoms with Crippen LogP contribution in [-0.2, 0) is 4.74 Å². The van der Waals surface area contributed by atoms with Gasteiger partial charge < -0.3 is 4.74 Å². The van der Waals surface area contributed by atoms with E-state index in [1.165, 1.54) is 11.3 Å². The van der Waals surface area contributed by atoms with Crippen molar-refractivity contribution in [3.05, 3.63) is 16.8 Å². The molecule has 0 fully saturated rings. The first-order chi connectivity index (χ1) is 5.33. The lowest BCUT2D eigenvalue weighted by Crippen LogP contribution is -2.12. The molecular formula is C7H9NO2S. The van der Waals surface area contributed by atoms with E-state index in [1.54, 1.807) is 6.92 Å². The van der Waals surface area contributed by atoms with Gasteiger partial charge in [0.2, 0.25) is 0 Å². The predicted octanol–water partition coefficient (Wildman–Crippen LogP) is 2.32. The van der Waals surface area contributed by atoms with Crippen molar-refractivity contribution >= 4 is 23.1 Å². The van der Waals surface area contributed by atoms with Crippen LogP contribution in [0.3, 0.4) is 0 Å². The average molecular weight is 171 g/mol. The fourth-order valence-electron chi connectivity index (χ4n) is 0.621. The van der Waals surface area contributed by atoms with Crippen LogP contribution in [-0.4, -0.2) is 12.7 Å². The first-order valence-electron chi connectivity index (χ1n) is 3.29. The minimum absolute atomic E-state index is 0.397. The first-order valence-corrected chi connectivity index (χ1v) is 4.23. The molecule has 4 heteroatoms. The molecule has 0 saturated heterocycles. The monoisotopic (exact) mass is 171 g/mol. The summed E-state index contributed by atoms with van der Waals surface area (Å²) in [6, 6.07) is 1.82. The van der Waals surface area contributed by atoms with Gasteiger partial charge in [-0.3, -0.25) is 5.32 Å². The molecule has 1 amide bonds. The Bertz CT molecular complexity index is 220. The Morgan fingerprint density at radius 2 is 2.64 bits per heavy atom. The zero-order valence-corrected chi connectivity index (χ0v) is 6.98. The van der Waals surface area contributed by atoms with E-state index in [2.05, 4.69) is 10.1 Å². The minimum Gasteiger partial charge on any atom is -0.450 e. The number of carbonyl (C=O) groups is 1. The van der Waals surface area contributed by atoms with Crippen LogP contribution in [0.1, 0.15) is 6.92 Å². The van der Waals surface area contributed by atoms with Crippen LogP contribution in [0, 0.1) is 0 Å². The summed E-state index contributed by atoms with van der Waals surface area (Å²) in [5.74, 6) is 0. The molecule has 0 spiro atoms. The third-order valence-corrected chi connectivity index (χ3v) is 1.73. The smallest absolute Gasteiger partial charge is 0.411 e. The zero-order chi connectivity index (χ0) is 8.10. The van der Waals surface area contributed by atoms with Gasteiger partial charge in [-0.15, -0.1) is 0 Å². The fraction of sp³-hybridized carbons (Fsp3) is 0.286. The van der Waals surface area contributed by atoms with Gasteiger partial charge in [0.1, 0.15) is 0 Å². The number of nitrogens with one attached hydrogen (secondary N) is 1. The van der Waals surface area contributed by atoms with Crippen molar-refractivity contribution in [2.24, 2.45) is 0 Å². The molecule has 0 atom stereocenters. The lowest BCUT2D eigenvalue weighted by atomic mass is 10.5. The van der Waals surface area contributed by atoms with Crippen molar-refractivity contribution in [2.75, 3.05) is 11.9 Å². The lowest BCUT2D eigenvalue weighted by molar-refractivity contribution is 0.168. The van der Waals surface area contributed by atoms with Gasteiger partial charge in [0.25, 0.3) is 0 Å². The first kappa shape index (κ1) is 8.07. The Kier molecular flexibility index (Phi) is 2.92. The van der Waals surface area contributed by atoms with Gasteiger partial charge in [0.15, 0.2) is 0 Å². The van der Waals surface area contributed by atoms with Crippen LogP contribution < -0.4 is 5.32 Å². The average Bonchev–Trinajstić information content (AvgIpc) is 2.40. The summed E-state index contributed by atoms with van der Waals surface area (Å²) in [6.07, 6.45) is -0.397. The van der Waals surface area contributed by atoms with Crippen molar-refractivity contribution in [1.29, 1.82) is 0 Å². The minimum atomic E-state index is -0.397. The standard InChI is InChI=1S/C7H9NO2S/c1-2-10-7(9)8-6-3-4-11-5-6/h3-5H,2H2,1H3,(H,8,9). The molecule has 0 aliphatic carbocycles. The number of thiophene rings is 1. The molecule has 0 unspecified atom stereocenters. The van der Waals surface area contributed by atoms with Crippen LogP contribution in [0.5, 0.6) is 0 Å². The molecule has 0 radical (unpaired) electrons. The number of rotatable bonds is 2. The van der Waals surface area contributed by atoms with E-state index in [9.17, 15) is 4.79 Å². The summed E-state index contributed by atoms with van der Waals surface area (Å²) in [5, 5.41) is 6.31. The van der Waals surface area contributed by atoms with Crippen LogP contribution >= 0.6 is 11.3 Å². The van der Waals surface area contributed by atoms with Crippen molar-refractivity contribution in [1.82, 2.24) is 0 Å². The molecule has 3 nitrogen and oxygen atoms in total. The Hall–Kier alpha value is -1.03. The van der Waals surface area contributed by atoms with Gasteiger partial charge >= 0.3 is 6.09 Å². The maximum atomic E-state index is 10.8. The van der Waals surface area contributed by atoms with Crippen LogP contribution in [0.15, 0.2) is 16.8 Å². The van der Waals surface area contributed by atoms with E-state index in [1.807, 2.05) is 16.8 Å². The fourth-order valence-corrected chi connectivity index (χ4v) is 1.21. The molecule has 1 N–H and O–H groups in total. The molecule has 60 valence electrons. The second kappa shape index (κ2) is 3.98. The highest BCUT2D eigenvalue weighted by molar-refractivity contribution is 7.08. The van der Waals surface area contributed by atoms with E-state index >= 15 is 0 Å². The maximum Gasteiger partial charge on any atom is 0.411 e. The summed E-state index contributed by atoms with van der Waals surface area (Å²) in [6.45, 7) is 2.17. The van der Waals surface area contributed by atoms with Crippen molar-refractivity contribution in [3.63, 3.8) is 0 Å². The summed E-state index contributed by atoms with van der Waals surface area (Å²) in [7, 11) is 0.